The molecule has 1 N–H and O–H groups in total. The lowest BCUT2D eigenvalue weighted by molar-refractivity contribution is -0.125. The van der Waals surface area contributed by atoms with Crippen molar-refractivity contribution in [3.05, 3.63) is 71.9 Å². The van der Waals surface area contributed by atoms with Crippen LogP contribution in [0.4, 0.5) is 0 Å². The van der Waals surface area contributed by atoms with E-state index >= 15 is 0 Å². The number of amides is 2. The Morgan fingerprint density at radius 2 is 1.85 bits per heavy atom. The second-order valence-electron chi connectivity index (χ2n) is 6.53. The van der Waals surface area contributed by atoms with Crippen LogP contribution in [0.5, 0.6) is 5.75 Å². The molecule has 134 valence electrons. The minimum absolute atomic E-state index is 0.0224. The van der Waals surface area contributed by atoms with Crippen molar-refractivity contribution < 1.29 is 14.3 Å². The van der Waals surface area contributed by atoms with Gasteiger partial charge in [0.05, 0.1) is 12.8 Å². The van der Waals surface area contributed by atoms with Gasteiger partial charge in [-0.1, -0.05) is 44.2 Å². The van der Waals surface area contributed by atoms with Gasteiger partial charge in [-0.2, -0.15) is 0 Å². The van der Waals surface area contributed by atoms with Crippen molar-refractivity contribution in [1.82, 2.24) is 10.2 Å². The first-order valence-electron chi connectivity index (χ1n) is 8.56. The molecule has 2 aromatic rings. The molecule has 1 aliphatic rings. The van der Waals surface area contributed by atoms with Crippen molar-refractivity contribution in [2.75, 3.05) is 7.11 Å². The van der Waals surface area contributed by atoms with E-state index in [-0.39, 0.29) is 17.7 Å². The molecule has 0 aromatic heterocycles. The summed E-state index contributed by atoms with van der Waals surface area (Å²) in [6.07, 6.45) is 1.72. The van der Waals surface area contributed by atoms with Crippen LogP contribution in [0, 0.1) is 5.92 Å². The Labute approximate surface area is 153 Å². The zero-order valence-corrected chi connectivity index (χ0v) is 15.1. The normalized spacial score (nSPS) is 16.9. The van der Waals surface area contributed by atoms with Gasteiger partial charge in [0, 0.05) is 17.3 Å². The van der Waals surface area contributed by atoms with Gasteiger partial charge in [0.15, 0.2) is 0 Å². The van der Waals surface area contributed by atoms with E-state index in [1.807, 2.05) is 56.3 Å². The monoisotopic (exact) mass is 350 g/mol. The summed E-state index contributed by atoms with van der Waals surface area (Å²) in [5, 5.41) is 2.92. The van der Waals surface area contributed by atoms with E-state index in [0.717, 1.165) is 5.56 Å². The largest absolute Gasteiger partial charge is 0.497 e. The molecule has 1 atom stereocenters. The van der Waals surface area contributed by atoms with Crippen LogP contribution in [0.25, 0.3) is 5.70 Å². The number of carbonyl (C=O) groups excluding carboxylic acids is 2. The number of hydrogen-bond acceptors (Lipinski definition) is 3. The molecular weight excluding hydrogens is 328 g/mol. The minimum atomic E-state index is -0.558. The van der Waals surface area contributed by atoms with Gasteiger partial charge in [0.25, 0.3) is 5.91 Å². The zero-order valence-electron chi connectivity index (χ0n) is 15.1. The third-order valence-corrected chi connectivity index (χ3v) is 4.36. The standard InChI is InChI=1S/C21H22N2O3/c1-14(2)19-20(24)22-18(16-10-7-11-17(12-16)26-3)13-23(19)21(25)15-8-5-4-6-9-15/h4-14,19H,1-3H3,(H,22,24)/t19-/m0/s1. The highest BCUT2D eigenvalue weighted by molar-refractivity contribution is 6.02. The first kappa shape index (κ1) is 17.7. The molecule has 1 aliphatic heterocycles. The van der Waals surface area contributed by atoms with Crippen LogP contribution in [-0.2, 0) is 4.79 Å². The lowest BCUT2D eigenvalue weighted by Gasteiger charge is -2.35. The van der Waals surface area contributed by atoms with E-state index in [9.17, 15) is 9.59 Å². The summed E-state index contributed by atoms with van der Waals surface area (Å²) in [6.45, 7) is 3.86. The zero-order chi connectivity index (χ0) is 18.7. The molecule has 0 unspecified atom stereocenters. The Hall–Kier alpha value is -3.08. The molecule has 0 radical (unpaired) electrons. The molecule has 1 heterocycles. The fraction of sp³-hybridized carbons (Fsp3) is 0.238. The second-order valence-corrected chi connectivity index (χ2v) is 6.53. The molecule has 2 aromatic carbocycles. The van der Waals surface area contributed by atoms with Gasteiger partial charge in [-0.15, -0.1) is 0 Å². The first-order valence-corrected chi connectivity index (χ1v) is 8.56. The number of ether oxygens (including phenoxy) is 1. The Morgan fingerprint density at radius 3 is 2.50 bits per heavy atom. The van der Waals surface area contributed by atoms with Crippen molar-refractivity contribution in [1.29, 1.82) is 0 Å². The smallest absolute Gasteiger partial charge is 0.258 e. The van der Waals surface area contributed by atoms with Crippen LogP contribution in [-0.4, -0.2) is 29.9 Å². The number of nitrogens with one attached hydrogen (secondary N) is 1. The molecule has 0 spiro atoms. The minimum Gasteiger partial charge on any atom is -0.497 e. The quantitative estimate of drug-likeness (QED) is 0.920. The van der Waals surface area contributed by atoms with Crippen molar-refractivity contribution in [2.45, 2.75) is 19.9 Å². The van der Waals surface area contributed by atoms with Gasteiger partial charge in [-0.3, -0.25) is 9.59 Å². The fourth-order valence-corrected chi connectivity index (χ4v) is 3.06. The van der Waals surface area contributed by atoms with Gasteiger partial charge >= 0.3 is 0 Å². The number of rotatable bonds is 4. The highest BCUT2D eigenvalue weighted by Gasteiger charge is 2.36. The van der Waals surface area contributed by atoms with Crippen molar-refractivity contribution in [3.8, 4) is 5.75 Å². The molecule has 0 bridgehead atoms. The number of carbonyl (C=O) groups is 2. The SMILES string of the molecule is COc1cccc(C2=CN(C(=O)c3ccccc3)[C@@H](C(C)C)C(=O)N2)c1. The maximum absolute atomic E-state index is 13.0. The van der Waals surface area contributed by atoms with Crippen LogP contribution in [0.3, 0.4) is 0 Å². The highest BCUT2D eigenvalue weighted by atomic mass is 16.5. The van der Waals surface area contributed by atoms with E-state index in [1.54, 1.807) is 25.4 Å². The summed E-state index contributed by atoms with van der Waals surface area (Å²) in [7, 11) is 1.59. The fourth-order valence-electron chi connectivity index (χ4n) is 3.06. The van der Waals surface area contributed by atoms with Crippen molar-refractivity contribution in [2.24, 2.45) is 5.92 Å². The van der Waals surface area contributed by atoms with Crippen LogP contribution in [0.2, 0.25) is 0 Å². The number of methoxy groups -OCH3 is 1. The third kappa shape index (κ3) is 3.47. The molecule has 0 saturated heterocycles. The maximum Gasteiger partial charge on any atom is 0.258 e. The second kappa shape index (κ2) is 7.44. The molecule has 26 heavy (non-hydrogen) atoms. The molecule has 3 rings (SSSR count). The molecule has 5 nitrogen and oxygen atoms in total. The topological polar surface area (TPSA) is 58.6 Å². The Balaban J connectivity index is 2.04. The lowest BCUT2D eigenvalue weighted by Crippen LogP contribution is -2.53. The van der Waals surface area contributed by atoms with Crippen molar-refractivity contribution >= 4 is 17.5 Å². The van der Waals surface area contributed by atoms with Gasteiger partial charge in [-0.05, 0) is 30.2 Å². The summed E-state index contributed by atoms with van der Waals surface area (Å²) in [6, 6.07) is 15.8. The van der Waals surface area contributed by atoms with Gasteiger partial charge in [0.2, 0.25) is 5.91 Å². The Bertz CT molecular complexity index is 843. The average Bonchev–Trinajstić information content (AvgIpc) is 2.67. The van der Waals surface area contributed by atoms with Crippen molar-refractivity contribution in [3.63, 3.8) is 0 Å². The van der Waals surface area contributed by atoms with Crippen LogP contribution in [0.15, 0.2) is 60.8 Å². The molecule has 0 fully saturated rings. The van der Waals surface area contributed by atoms with Gasteiger partial charge < -0.3 is 15.0 Å². The average molecular weight is 350 g/mol. The highest BCUT2D eigenvalue weighted by Crippen LogP contribution is 2.26. The summed E-state index contributed by atoms with van der Waals surface area (Å²) < 4.78 is 5.26. The van der Waals surface area contributed by atoms with E-state index in [4.69, 9.17) is 4.74 Å². The predicted molar refractivity (Wildman–Crippen MR) is 100 cm³/mol. The molecule has 2 amide bonds. The summed E-state index contributed by atoms with van der Waals surface area (Å²) in [5.74, 6) is 0.277. The first-order chi connectivity index (χ1) is 12.5. The lowest BCUT2D eigenvalue weighted by atomic mass is 9.97. The Kier molecular flexibility index (Phi) is 5.07. The molecular formula is C21H22N2O3. The van der Waals surface area contributed by atoms with E-state index in [2.05, 4.69) is 5.32 Å². The van der Waals surface area contributed by atoms with E-state index in [0.29, 0.717) is 17.0 Å². The molecule has 0 saturated carbocycles. The number of hydrogen-bond donors (Lipinski definition) is 1. The van der Waals surface area contributed by atoms with Gasteiger partial charge in [0.1, 0.15) is 11.8 Å². The van der Waals surface area contributed by atoms with Crippen LogP contribution in [0.1, 0.15) is 29.8 Å². The summed E-state index contributed by atoms with van der Waals surface area (Å²) in [5.41, 5.74) is 1.91. The molecule has 5 heteroatoms. The number of benzene rings is 2. The van der Waals surface area contributed by atoms with E-state index < -0.39 is 6.04 Å². The predicted octanol–water partition coefficient (Wildman–Crippen LogP) is 3.29. The summed E-state index contributed by atoms with van der Waals surface area (Å²) >= 11 is 0. The maximum atomic E-state index is 13.0. The summed E-state index contributed by atoms with van der Waals surface area (Å²) in [4.78, 5) is 27.3. The Morgan fingerprint density at radius 1 is 1.12 bits per heavy atom. The van der Waals surface area contributed by atoms with Crippen LogP contribution >= 0.6 is 0 Å². The van der Waals surface area contributed by atoms with Crippen LogP contribution < -0.4 is 10.1 Å². The number of nitrogens with zero attached hydrogens (tertiary/aromatic N) is 1. The molecule has 0 aliphatic carbocycles. The van der Waals surface area contributed by atoms with E-state index in [1.165, 1.54) is 4.90 Å². The third-order valence-electron chi connectivity index (χ3n) is 4.36. The van der Waals surface area contributed by atoms with Gasteiger partial charge in [-0.25, -0.2) is 0 Å².